The lowest BCUT2D eigenvalue weighted by atomic mass is 10.0. The Hall–Kier alpha value is -3.50. The molecule has 4 rings (SSSR count). The van der Waals surface area contributed by atoms with Crippen LogP contribution < -0.4 is 5.73 Å². The average Bonchev–Trinajstić information content (AvgIpc) is 2.89. The minimum absolute atomic E-state index is 0.0900. The molecule has 1 saturated heterocycles. The summed E-state index contributed by atoms with van der Waals surface area (Å²) < 4.78 is 30.2. The minimum atomic E-state index is -2.71. The van der Waals surface area contributed by atoms with E-state index in [2.05, 4.69) is 5.16 Å². The first-order valence-electron chi connectivity index (χ1n) is 10.8. The smallest absolute Gasteiger partial charge is 0.356 e. The number of β-lactam (4-membered cyclic amide) rings is 1. The fraction of sp³-hybridized carbons (Fsp3) is 0.240. The van der Waals surface area contributed by atoms with Gasteiger partial charge in [0.05, 0.1) is 0 Å². The van der Waals surface area contributed by atoms with Gasteiger partial charge in [0.2, 0.25) is 5.91 Å². The number of halogens is 2. The van der Waals surface area contributed by atoms with Crippen LogP contribution in [-0.4, -0.2) is 53.2 Å². The van der Waals surface area contributed by atoms with E-state index in [1.54, 1.807) is 6.08 Å². The minimum Gasteiger partial charge on any atom is -0.448 e. The van der Waals surface area contributed by atoms with Gasteiger partial charge < -0.3 is 15.3 Å². The summed E-state index contributed by atoms with van der Waals surface area (Å²) in [7, 11) is 0. The van der Waals surface area contributed by atoms with Crippen molar-refractivity contribution in [2.45, 2.75) is 23.9 Å². The molecule has 0 unspecified atom stereocenters. The summed E-state index contributed by atoms with van der Waals surface area (Å²) in [6.07, 6.45) is 0.119. The molecule has 2 atom stereocenters. The van der Waals surface area contributed by atoms with Crippen molar-refractivity contribution >= 4 is 29.9 Å². The Morgan fingerprint density at radius 2 is 1.77 bits per heavy atom. The molecule has 2 aromatic rings. The van der Waals surface area contributed by atoms with Gasteiger partial charge in [-0.05, 0) is 22.8 Å². The number of nitrogens with zero attached hydrogens (tertiary/aromatic N) is 2. The normalized spacial score (nSPS) is 20.0. The van der Waals surface area contributed by atoms with Gasteiger partial charge >= 0.3 is 5.97 Å². The van der Waals surface area contributed by atoms with Crippen LogP contribution in [0.1, 0.15) is 17.2 Å². The Morgan fingerprint density at radius 1 is 1.14 bits per heavy atom. The van der Waals surface area contributed by atoms with Gasteiger partial charge in [0.1, 0.15) is 29.9 Å². The Morgan fingerprint density at radius 3 is 2.37 bits per heavy atom. The number of thioether (sulfide) groups is 1. The average molecular weight is 500 g/mol. The Labute approximate surface area is 205 Å². The van der Waals surface area contributed by atoms with Crippen molar-refractivity contribution in [1.82, 2.24) is 4.90 Å². The van der Waals surface area contributed by atoms with Crippen LogP contribution in [0, 0.1) is 0 Å². The second-order valence-corrected chi connectivity index (χ2v) is 8.81. The number of ether oxygens (including phenoxy) is 1. The summed E-state index contributed by atoms with van der Waals surface area (Å²) in [6, 6.07) is 17.9. The highest BCUT2D eigenvalue weighted by Gasteiger charge is 2.52. The lowest BCUT2D eigenvalue weighted by molar-refractivity contribution is -0.153. The Kier molecular flexibility index (Phi) is 7.94. The predicted octanol–water partition coefficient (Wildman–Crippen LogP) is 3.64. The number of hydrogen-bond donors (Lipinski definition) is 1. The number of alkyl halides is 2. The molecule has 0 aliphatic carbocycles. The number of nitrogens with two attached hydrogens (primary N) is 1. The summed E-state index contributed by atoms with van der Waals surface area (Å²) in [5, 5.41) is 2.79. The van der Waals surface area contributed by atoms with Crippen LogP contribution >= 0.6 is 11.8 Å². The molecule has 10 heteroatoms. The largest absolute Gasteiger partial charge is 0.448 e. The van der Waals surface area contributed by atoms with Crippen LogP contribution in [0.5, 0.6) is 0 Å². The van der Waals surface area contributed by atoms with Gasteiger partial charge in [-0.2, -0.15) is 0 Å². The molecule has 182 valence electrons. The van der Waals surface area contributed by atoms with Crippen molar-refractivity contribution in [3.8, 4) is 0 Å². The molecule has 1 amide bonds. The SMILES string of the molecule is N[C@@H]1C(=O)N2C(C(=O)OC(c3ccccc3)c3ccccc3)=C(/C=C\CON=CC(F)F)CS[C@H]12. The molecule has 1 fully saturated rings. The molecule has 2 aliphatic rings. The fourth-order valence-electron chi connectivity index (χ4n) is 3.77. The molecule has 0 bridgehead atoms. The van der Waals surface area contributed by atoms with E-state index >= 15 is 0 Å². The van der Waals surface area contributed by atoms with Gasteiger partial charge in [0, 0.05) is 5.75 Å². The monoisotopic (exact) mass is 499 g/mol. The Bertz CT molecular complexity index is 1100. The van der Waals surface area contributed by atoms with Crippen molar-refractivity contribution in [3.63, 3.8) is 0 Å². The van der Waals surface area contributed by atoms with Crippen molar-refractivity contribution in [2.75, 3.05) is 12.4 Å². The van der Waals surface area contributed by atoms with Crippen LogP contribution in [0.15, 0.2) is 89.2 Å². The number of hydrogen-bond acceptors (Lipinski definition) is 7. The zero-order valence-corrected chi connectivity index (χ0v) is 19.3. The molecule has 0 radical (unpaired) electrons. The number of esters is 1. The Balaban J connectivity index is 1.61. The van der Waals surface area contributed by atoms with Gasteiger partial charge in [0.25, 0.3) is 6.43 Å². The van der Waals surface area contributed by atoms with Crippen LogP contribution in [0.2, 0.25) is 0 Å². The number of benzene rings is 2. The fourth-order valence-corrected chi connectivity index (χ4v) is 5.03. The standard InChI is InChI=1S/C25H23F2N3O4S/c26-19(27)14-29-33-13-7-12-18-15-35-24-20(28)23(31)30(24)21(18)25(32)34-22(16-8-3-1-4-9-16)17-10-5-2-6-11-17/h1-12,14,19-20,22,24H,13,15,28H2/b12-7-,29-14?/t20-,24-/m1/s1. The maximum Gasteiger partial charge on any atom is 0.356 e. The lowest BCUT2D eigenvalue weighted by Gasteiger charge is -2.48. The summed E-state index contributed by atoms with van der Waals surface area (Å²) in [5.74, 6) is -0.622. The van der Waals surface area contributed by atoms with E-state index in [4.69, 9.17) is 15.3 Å². The first-order chi connectivity index (χ1) is 17.0. The molecular formula is C25H23F2N3O4S. The van der Waals surface area contributed by atoms with E-state index in [0.29, 0.717) is 17.5 Å². The third kappa shape index (κ3) is 5.60. The van der Waals surface area contributed by atoms with E-state index in [1.165, 1.54) is 22.7 Å². The van der Waals surface area contributed by atoms with Crippen molar-refractivity contribution < 1.29 is 27.9 Å². The maximum atomic E-state index is 13.5. The van der Waals surface area contributed by atoms with Gasteiger partial charge in [-0.25, -0.2) is 13.6 Å². The maximum absolute atomic E-state index is 13.5. The quantitative estimate of drug-likeness (QED) is 0.186. The van der Waals surface area contributed by atoms with Crippen LogP contribution in [0.3, 0.4) is 0 Å². The van der Waals surface area contributed by atoms with E-state index < -0.39 is 24.5 Å². The molecule has 2 aromatic carbocycles. The number of oxime groups is 1. The van der Waals surface area contributed by atoms with Crippen molar-refractivity contribution in [2.24, 2.45) is 10.9 Å². The van der Waals surface area contributed by atoms with Gasteiger partial charge in [-0.15, -0.1) is 11.8 Å². The third-order valence-electron chi connectivity index (χ3n) is 5.40. The lowest BCUT2D eigenvalue weighted by Crippen LogP contribution is -2.68. The summed E-state index contributed by atoms with van der Waals surface area (Å²) in [5.41, 5.74) is 8.16. The van der Waals surface area contributed by atoms with Gasteiger partial charge in [-0.1, -0.05) is 71.9 Å². The molecule has 0 aromatic heterocycles. The molecule has 0 saturated carbocycles. The molecule has 35 heavy (non-hydrogen) atoms. The van der Waals surface area contributed by atoms with E-state index in [9.17, 15) is 18.4 Å². The number of carbonyl (C=O) groups is 2. The topological polar surface area (TPSA) is 94.2 Å². The van der Waals surface area contributed by atoms with Crippen LogP contribution in [0.4, 0.5) is 8.78 Å². The third-order valence-corrected chi connectivity index (χ3v) is 6.72. The molecule has 2 N–H and O–H groups in total. The first-order valence-corrected chi connectivity index (χ1v) is 11.9. The molecule has 2 aliphatic heterocycles. The second kappa shape index (κ2) is 11.3. The number of rotatable bonds is 9. The van der Waals surface area contributed by atoms with E-state index in [0.717, 1.165) is 11.1 Å². The molecule has 2 heterocycles. The number of allylic oxidation sites excluding steroid dienone is 1. The predicted molar refractivity (Wildman–Crippen MR) is 129 cm³/mol. The number of carbonyl (C=O) groups excluding carboxylic acids is 2. The van der Waals surface area contributed by atoms with Crippen LogP contribution in [-0.2, 0) is 19.2 Å². The highest BCUT2D eigenvalue weighted by atomic mass is 32.2. The summed E-state index contributed by atoms with van der Waals surface area (Å²) in [4.78, 5) is 32.2. The van der Waals surface area contributed by atoms with Gasteiger partial charge in [0.15, 0.2) is 6.10 Å². The van der Waals surface area contributed by atoms with Crippen LogP contribution in [0.25, 0.3) is 0 Å². The first kappa shape index (κ1) is 24.6. The number of fused-ring (bicyclic) bond motifs is 1. The summed E-state index contributed by atoms with van der Waals surface area (Å²) >= 11 is 1.43. The van der Waals surface area contributed by atoms with E-state index in [1.807, 2.05) is 60.7 Å². The molecular weight excluding hydrogens is 476 g/mol. The second-order valence-electron chi connectivity index (χ2n) is 7.70. The zero-order chi connectivity index (χ0) is 24.8. The van der Waals surface area contributed by atoms with Crippen molar-refractivity contribution in [1.29, 1.82) is 0 Å². The highest BCUT2D eigenvalue weighted by molar-refractivity contribution is 8.00. The zero-order valence-electron chi connectivity index (χ0n) is 18.5. The highest BCUT2D eigenvalue weighted by Crippen LogP contribution is 2.41. The number of amides is 1. The summed E-state index contributed by atoms with van der Waals surface area (Å²) in [6.45, 7) is -0.0900. The van der Waals surface area contributed by atoms with Gasteiger partial charge in [-0.3, -0.25) is 9.69 Å². The van der Waals surface area contributed by atoms with Crippen molar-refractivity contribution in [3.05, 3.63) is 95.2 Å². The molecule has 7 nitrogen and oxygen atoms in total. The van der Waals surface area contributed by atoms with E-state index in [-0.39, 0.29) is 23.6 Å². The molecule has 0 spiro atoms.